The fourth-order valence-corrected chi connectivity index (χ4v) is 3.18. The summed E-state index contributed by atoms with van der Waals surface area (Å²) >= 11 is 0. The molecule has 0 amide bonds. The second-order valence-electron chi connectivity index (χ2n) is 6.06. The molecule has 6 nitrogen and oxygen atoms in total. The summed E-state index contributed by atoms with van der Waals surface area (Å²) in [7, 11) is 2.97. The molecule has 3 aromatic rings. The van der Waals surface area contributed by atoms with Crippen LogP contribution in [0.15, 0.2) is 36.7 Å². The van der Waals surface area contributed by atoms with Gasteiger partial charge in [0.1, 0.15) is 11.4 Å². The highest BCUT2D eigenvalue weighted by Crippen LogP contribution is 2.35. The van der Waals surface area contributed by atoms with Crippen LogP contribution in [0, 0.1) is 5.82 Å². The van der Waals surface area contributed by atoms with Gasteiger partial charge in [0.25, 0.3) is 0 Å². The van der Waals surface area contributed by atoms with Crippen LogP contribution >= 0.6 is 17.0 Å². The van der Waals surface area contributed by atoms with Crippen molar-refractivity contribution in [3.8, 4) is 22.8 Å². The highest BCUT2D eigenvalue weighted by Gasteiger charge is 2.17. The molecule has 8 heteroatoms. The van der Waals surface area contributed by atoms with Gasteiger partial charge < -0.3 is 23.5 Å². The van der Waals surface area contributed by atoms with Gasteiger partial charge in [-0.2, -0.15) is 0 Å². The molecule has 2 aromatic heterocycles. The van der Waals surface area contributed by atoms with Crippen LogP contribution in [-0.2, 0) is 4.74 Å². The van der Waals surface area contributed by atoms with Crippen LogP contribution in [0.2, 0.25) is 0 Å². The van der Waals surface area contributed by atoms with Crippen molar-refractivity contribution in [1.82, 2.24) is 9.38 Å². The molecule has 3 heterocycles. The van der Waals surface area contributed by atoms with E-state index in [4.69, 9.17) is 14.2 Å². The third-order valence-electron chi connectivity index (χ3n) is 4.57. The normalized spacial score (nSPS) is 14.1. The summed E-state index contributed by atoms with van der Waals surface area (Å²) in [5, 5.41) is 0. The van der Waals surface area contributed by atoms with Gasteiger partial charge in [0.15, 0.2) is 11.6 Å². The fraction of sp³-hybridized carbons (Fsp3) is 0.316. The number of halogens is 2. The van der Waals surface area contributed by atoms with E-state index in [1.807, 2.05) is 22.9 Å². The fourth-order valence-electron chi connectivity index (χ4n) is 3.18. The van der Waals surface area contributed by atoms with Gasteiger partial charge >= 0.3 is 0 Å². The third-order valence-corrected chi connectivity index (χ3v) is 4.57. The van der Waals surface area contributed by atoms with Gasteiger partial charge in [-0.25, -0.2) is 9.37 Å². The highest BCUT2D eigenvalue weighted by atomic mass is 79.9. The largest absolute Gasteiger partial charge is 0.496 e. The molecule has 0 saturated carbocycles. The molecule has 0 radical (unpaired) electrons. The number of hydrogen-bond acceptors (Lipinski definition) is 5. The van der Waals surface area contributed by atoms with Crippen LogP contribution in [0.5, 0.6) is 11.5 Å². The van der Waals surface area contributed by atoms with E-state index in [2.05, 4.69) is 16.0 Å². The van der Waals surface area contributed by atoms with Gasteiger partial charge in [-0.1, -0.05) is 0 Å². The van der Waals surface area contributed by atoms with Gasteiger partial charge in [0, 0.05) is 48.9 Å². The Kier molecular flexibility index (Phi) is 5.86. The Morgan fingerprint density at radius 3 is 2.52 bits per heavy atom. The minimum absolute atomic E-state index is 0. The van der Waals surface area contributed by atoms with Crippen molar-refractivity contribution in [2.45, 2.75) is 0 Å². The average molecular weight is 438 g/mol. The molecule has 1 aliphatic heterocycles. The number of aromatic nitrogens is 2. The van der Waals surface area contributed by atoms with Crippen LogP contribution in [0.25, 0.3) is 16.9 Å². The molecule has 1 saturated heterocycles. The first-order valence-corrected chi connectivity index (χ1v) is 8.43. The summed E-state index contributed by atoms with van der Waals surface area (Å²) in [4.78, 5) is 6.93. The molecular weight excluding hydrogens is 417 g/mol. The van der Waals surface area contributed by atoms with E-state index < -0.39 is 5.82 Å². The SMILES string of the molecule is Br.COc1cc(OC)c(-c2cn3ccc(N4CCOCC4)cc3n2)cc1F. The molecule has 0 aliphatic carbocycles. The van der Waals surface area contributed by atoms with Crippen molar-refractivity contribution in [2.24, 2.45) is 0 Å². The molecule has 4 rings (SSSR count). The second kappa shape index (κ2) is 8.14. The van der Waals surface area contributed by atoms with E-state index >= 15 is 0 Å². The minimum Gasteiger partial charge on any atom is -0.496 e. The predicted octanol–water partition coefficient (Wildman–Crippen LogP) is 3.57. The van der Waals surface area contributed by atoms with E-state index in [1.165, 1.54) is 19.2 Å². The molecule has 0 spiro atoms. The number of fused-ring (bicyclic) bond motifs is 1. The zero-order chi connectivity index (χ0) is 18.1. The summed E-state index contributed by atoms with van der Waals surface area (Å²) in [6.45, 7) is 3.18. The molecule has 0 unspecified atom stereocenters. The number of nitrogens with zero attached hydrogens (tertiary/aromatic N) is 3. The van der Waals surface area contributed by atoms with Crippen molar-refractivity contribution >= 4 is 28.3 Å². The molecule has 144 valence electrons. The number of imidazole rings is 1. The Morgan fingerprint density at radius 2 is 1.81 bits per heavy atom. The summed E-state index contributed by atoms with van der Waals surface area (Å²) in [5.41, 5.74) is 3.12. The van der Waals surface area contributed by atoms with Crippen molar-refractivity contribution in [3.63, 3.8) is 0 Å². The summed E-state index contributed by atoms with van der Waals surface area (Å²) in [5.74, 6) is 0.207. The lowest BCUT2D eigenvalue weighted by atomic mass is 10.1. The van der Waals surface area contributed by atoms with Gasteiger partial charge in [0.2, 0.25) is 0 Å². The topological polar surface area (TPSA) is 48.2 Å². The zero-order valence-corrected chi connectivity index (χ0v) is 16.9. The number of anilines is 1. The molecule has 27 heavy (non-hydrogen) atoms. The lowest BCUT2D eigenvalue weighted by molar-refractivity contribution is 0.122. The Labute approximate surface area is 167 Å². The van der Waals surface area contributed by atoms with Crippen LogP contribution in [0.1, 0.15) is 0 Å². The van der Waals surface area contributed by atoms with Gasteiger partial charge in [-0.3, -0.25) is 0 Å². The van der Waals surface area contributed by atoms with Gasteiger partial charge in [0.05, 0.1) is 33.1 Å². The number of hydrogen-bond donors (Lipinski definition) is 0. The van der Waals surface area contributed by atoms with Crippen molar-refractivity contribution in [2.75, 3.05) is 45.4 Å². The predicted molar refractivity (Wildman–Crippen MR) is 107 cm³/mol. The molecule has 1 aromatic carbocycles. The number of rotatable bonds is 4. The maximum Gasteiger partial charge on any atom is 0.166 e. The van der Waals surface area contributed by atoms with Crippen LogP contribution in [0.3, 0.4) is 0 Å². The number of benzene rings is 1. The summed E-state index contributed by atoms with van der Waals surface area (Å²) in [6, 6.07) is 7.01. The number of pyridine rings is 1. The van der Waals surface area contributed by atoms with Gasteiger partial charge in [-0.15, -0.1) is 17.0 Å². The Morgan fingerprint density at radius 1 is 1.07 bits per heavy atom. The molecule has 0 atom stereocenters. The molecule has 0 bridgehead atoms. The maximum atomic E-state index is 14.2. The Balaban J connectivity index is 0.00000210. The molecule has 1 fully saturated rings. The van der Waals surface area contributed by atoms with E-state index in [0.29, 0.717) is 17.0 Å². The first kappa shape index (κ1) is 19.4. The monoisotopic (exact) mass is 437 g/mol. The lowest BCUT2D eigenvalue weighted by Crippen LogP contribution is -2.36. The summed E-state index contributed by atoms with van der Waals surface area (Å²) in [6.07, 6.45) is 3.82. The van der Waals surface area contributed by atoms with Crippen molar-refractivity contribution in [1.29, 1.82) is 0 Å². The second-order valence-corrected chi connectivity index (χ2v) is 6.06. The van der Waals surface area contributed by atoms with E-state index in [1.54, 1.807) is 7.11 Å². The van der Waals surface area contributed by atoms with Crippen molar-refractivity contribution in [3.05, 3.63) is 42.5 Å². The average Bonchev–Trinajstić information content (AvgIpc) is 3.11. The van der Waals surface area contributed by atoms with Gasteiger partial charge in [-0.05, 0) is 12.1 Å². The van der Waals surface area contributed by atoms with E-state index in [0.717, 1.165) is 37.6 Å². The maximum absolute atomic E-state index is 14.2. The number of methoxy groups -OCH3 is 2. The molecule has 1 aliphatic rings. The smallest absolute Gasteiger partial charge is 0.166 e. The minimum atomic E-state index is -0.450. The van der Waals surface area contributed by atoms with E-state index in [9.17, 15) is 4.39 Å². The Bertz CT molecular complexity index is 941. The van der Waals surface area contributed by atoms with E-state index in [-0.39, 0.29) is 22.7 Å². The standard InChI is InChI=1S/C19H20FN3O3.BrH/c1-24-17-11-18(25-2)15(20)10-14(17)16-12-23-4-3-13(9-19(23)21-16)22-5-7-26-8-6-22;/h3-4,9-12H,5-8H2,1-2H3;1H. The molecular formula is C19H21BrFN3O3. The first-order valence-electron chi connectivity index (χ1n) is 8.43. The van der Waals surface area contributed by atoms with Crippen LogP contribution in [-0.4, -0.2) is 49.9 Å². The van der Waals surface area contributed by atoms with Crippen LogP contribution < -0.4 is 14.4 Å². The molecule has 0 N–H and O–H groups in total. The lowest BCUT2D eigenvalue weighted by Gasteiger charge is -2.28. The zero-order valence-electron chi connectivity index (χ0n) is 15.1. The summed E-state index contributed by atoms with van der Waals surface area (Å²) < 4.78 is 31.9. The number of morpholine rings is 1. The number of ether oxygens (including phenoxy) is 3. The third kappa shape index (κ3) is 3.72. The first-order chi connectivity index (χ1) is 12.7. The van der Waals surface area contributed by atoms with Crippen LogP contribution in [0.4, 0.5) is 10.1 Å². The highest BCUT2D eigenvalue weighted by molar-refractivity contribution is 8.93. The van der Waals surface area contributed by atoms with Crippen molar-refractivity contribution < 1.29 is 18.6 Å². The quantitative estimate of drug-likeness (QED) is 0.624. The Hall–Kier alpha value is -2.32.